The van der Waals surface area contributed by atoms with Gasteiger partial charge >= 0.3 is 0 Å². The molecule has 1 N–H and O–H groups in total. The lowest BCUT2D eigenvalue weighted by Crippen LogP contribution is -2.20. The Balaban J connectivity index is 1.62. The second-order valence-corrected chi connectivity index (χ2v) is 9.32. The van der Waals surface area contributed by atoms with Crippen molar-refractivity contribution in [2.24, 2.45) is 5.10 Å². The molecule has 0 atom stereocenters. The minimum Gasteiger partial charge on any atom is -0.302 e. The van der Waals surface area contributed by atoms with Crippen LogP contribution in [-0.2, 0) is 16.8 Å². The molecule has 3 rings (SSSR count). The summed E-state index contributed by atoms with van der Waals surface area (Å²) in [6.45, 7) is 11.4. The Labute approximate surface area is 188 Å². The SMILES string of the molecule is CCn1c(SCC(=O)NN=Cc2cccc(C)c2)nnc1-c1ccc(C(C)(C)C)cc1. The molecule has 31 heavy (non-hydrogen) atoms. The third kappa shape index (κ3) is 6.04. The molecule has 2 aromatic carbocycles. The van der Waals surface area contributed by atoms with E-state index in [2.05, 4.69) is 65.8 Å². The van der Waals surface area contributed by atoms with Crippen LogP contribution in [-0.4, -0.2) is 32.6 Å². The molecule has 3 aromatic rings. The van der Waals surface area contributed by atoms with Crippen molar-refractivity contribution in [2.75, 3.05) is 5.75 Å². The Bertz CT molecular complexity index is 1060. The molecule has 0 spiro atoms. The highest BCUT2D eigenvalue weighted by atomic mass is 32.2. The zero-order valence-electron chi connectivity index (χ0n) is 18.7. The van der Waals surface area contributed by atoms with Gasteiger partial charge in [0.2, 0.25) is 0 Å². The van der Waals surface area contributed by atoms with Crippen molar-refractivity contribution in [3.8, 4) is 11.4 Å². The van der Waals surface area contributed by atoms with E-state index in [1.807, 2.05) is 42.7 Å². The fourth-order valence-corrected chi connectivity index (χ4v) is 3.90. The summed E-state index contributed by atoms with van der Waals surface area (Å²) < 4.78 is 2.03. The molecule has 1 aromatic heterocycles. The first-order valence-corrected chi connectivity index (χ1v) is 11.3. The van der Waals surface area contributed by atoms with Crippen molar-refractivity contribution in [1.82, 2.24) is 20.2 Å². The minimum absolute atomic E-state index is 0.104. The molecule has 0 aliphatic rings. The number of carbonyl (C=O) groups excluding carboxylic acids is 1. The Morgan fingerprint density at radius 2 is 1.90 bits per heavy atom. The van der Waals surface area contributed by atoms with Gasteiger partial charge in [0, 0.05) is 12.1 Å². The number of benzene rings is 2. The van der Waals surface area contributed by atoms with Crippen LogP contribution in [0.5, 0.6) is 0 Å². The van der Waals surface area contributed by atoms with Gasteiger partial charge in [0.05, 0.1) is 12.0 Å². The third-order valence-electron chi connectivity index (χ3n) is 4.82. The van der Waals surface area contributed by atoms with Gasteiger partial charge in [-0.2, -0.15) is 5.10 Å². The van der Waals surface area contributed by atoms with Gasteiger partial charge in [-0.1, -0.05) is 86.6 Å². The monoisotopic (exact) mass is 435 g/mol. The van der Waals surface area contributed by atoms with E-state index in [0.717, 1.165) is 34.2 Å². The van der Waals surface area contributed by atoms with Gasteiger partial charge in [-0.3, -0.25) is 4.79 Å². The standard InChI is InChI=1S/C24H29N5OS/c1-6-29-22(19-10-12-20(13-11-19)24(3,4)5)27-28-23(29)31-16-21(30)26-25-15-18-9-7-8-17(2)14-18/h7-15H,6,16H2,1-5H3,(H,26,30). The molecule has 162 valence electrons. The first-order valence-electron chi connectivity index (χ1n) is 10.3. The lowest BCUT2D eigenvalue weighted by Gasteiger charge is -2.19. The highest BCUT2D eigenvalue weighted by Crippen LogP contribution is 2.27. The summed E-state index contributed by atoms with van der Waals surface area (Å²) in [6, 6.07) is 16.4. The van der Waals surface area contributed by atoms with Crippen molar-refractivity contribution in [1.29, 1.82) is 0 Å². The molecule has 0 saturated heterocycles. The lowest BCUT2D eigenvalue weighted by atomic mass is 9.87. The van der Waals surface area contributed by atoms with Crippen molar-refractivity contribution < 1.29 is 4.79 Å². The average molecular weight is 436 g/mol. The van der Waals surface area contributed by atoms with Crippen LogP contribution in [0, 0.1) is 6.92 Å². The number of thioether (sulfide) groups is 1. The van der Waals surface area contributed by atoms with Crippen molar-refractivity contribution in [3.05, 3.63) is 65.2 Å². The van der Waals surface area contributed by atoms with E-state index in [4.69, 9.17) is 0 Å². The van der Waals surface area contributed by atoms with Crippen molar-refractivity contribution in [2.45, 2.75) is 51.7 Å². The number of nitrogens with zero attached hydrogens (tertiary/aromatic N) is 4. The molecular weight excluding hydrogens is 406 g/mol. The molecule has 1 heterocycles. The maximum atomic E-state index is 12.2. The van der Waals surface area contributed by atoms with Crippen LogP contribution in [0.25, 0.3) is 11.4 Å². The number of aromatic nitrogens is 3. The van der Waals surface area contributed by atoms with Gasteiger partial charge in [0.15, 0.2) is 11.0 Å². The van der Waals surface area contributed by atoms with Crippen LogP contribution in [0.15, 0.2) is 58.8 Å². The molecule has 7 heteroatoms. The number of carbonyl (C=O) groups is 1. The molecule has 0 fully saturated rings. The van der Waals surface area contributed by atoms with E-state index in [1.54, 1.807) is 6.21 Å². The predicted octanol–water partition coefficient (Wildman–Crippen LogP) is 4.81. The second kappa shape index (κ2) is 9.92. The number of rotatable bonds is 7. The van der Waals surface area contributed by atoms with Crippen molar-refractivity contribution in [3.63, 3.8) is 0 Å². The summed E-state index contributed by atoms with van der Waals surface area (Å²) in [4.78, 5) is 12.2. The van der Waals surface area contributed by atoms with Gasteiger partial charge in [0.25, 0.3) is 5.91 Å². The Kier molecular flexibility index (Phi) is 7.28. The topological polar surface area (TPSA) is 72.2 Å². The third-order valence-corrected chi connectivity index (χ3v) is 5.79. The summed E-state index contributed by atoms with van der Waals surface area (Å²) in [7, 11) is 0. The first-order chi connectivity index (χ1) is 14.8. The fourth-order valence-electron chi connectivity index (χ4n) is 3.10. The highest BCUT2D eigenvalue weighted by molar-refractivity contribution is 7.99. The van der Waals surface area contributed by atoms with E-state index in [0.29, 0.717) is 0 Å². The second-order valence-electron chi connectivity index (χ2n) is 8.37. The van der Waals surface area contributed by atoms with E-state index < -0.39 is 0 Å². The molecule has 0 aliphatic carbocycles. The van der Waals surface area contributed by atoms with E-state index in [-0.39, 0.29) is 17.1 Å². The quantitative estimate of drug-likeness (QED) is 0.328. The summed E-state index contributed by atoms with van der Waals surface area (Å²) >= 11 is 1.35. The van der Waals surface area contributed by atoms with Crippen LogP contribution >= 0.6 is 11.8 Å². The summed E-state index contributed by atoms with van der Waals surface area (Å²) in [5.74, 6) is 0.839. The van der Waals surface area contributed by atoms with Crippen LogP contribution in [0.4, 0.5) is 0 Å². The average Bonchev–Trinajstić information content (AvgIpc) is 3.15. The van der Waals surface area contributed by atoms with Crippen LogP contribution in [0.3, 0.4) is 0 Å². The van der Waals surface area contributed by atoms with Gasteiger partial charge in [0.1, 0.15) is 0 Å². The molecule has 0 saturated carbocycles. The van der Waals surface area contributed by atoms with Crippen LogP contribution in [0.1, 0.15) is 44.4 Å². The van der Waals surface area contributed by atoms with Gasteiger partial charge in [-0.15, -0.1) is 10.2 Å². The van der Waals surface area contributed by atoms with Crippen molar-refractivity contribution >= 4 is 23.9 Å². The van der Waals surface area contributed by atoms with E-state index >= 15 is 0 Å². The normalized spacial score (nSPS) is 11.8. The number of aryl methyl sites for hydroxylation is 1. The summed E-state index contributed by atoms with van der Waals surface area (Å²) in [6.07, 6.45) is 1.64. The molecule has 0 radical (unpaired) electrons. The zero-order chi connectivity index (χ0) is 22.4. The molecule has 0 unspecified atom stereocenters. The largest absolute Gasteiger partial charge is 0.302 e. The molecule has 1 amide bonds. The first kappa shape index (κ1) is 22.7. The number of hydrazone groups is 1. The summed E-state index contributed by atoms with van der Waals surface area (Å²) in [5.41, 5.74) is 7.06. The van der Waals surface area contributed by atoms with Gasteiger partial charge < -0.3 is 4.57 Å². The molecule has 0 bridgehead atoms. The predicted molar refractivity (Wildman–Crippen MR) is 127 cm³/mol. The fraction of sp³-hybridized carbons (Fsp3) is 0.333. The minimum atomic E-state index is -0.185. The zero-order valence-corrected chi connectivity index (χ0v) is 19.5. The molecule has 6 nitrogen and oxygen atoms in total. The number of hydrogen-bond acceptors (Lipinski definition) is 5. The Hall–Kier alpha value is -2.93. The summed E-state index contributed by atoms with van der Waals surface area (Å²) in [5, 5.41) is 13.4. The Morgan fingerprint density at radius 3 is 2.55 bits per heavy atom. The number of hydrogen-bond donors (Lipinski definition) is 1. The highest BCUT2D eigenvalue weighted by Gasteiger charge is 2.17. The Morgan fingerprint density at radius 1 is 1.16 bits per heavy atom. The maximum absolute atomic E-state index is 12.2. The number of nitrogens with one attached hydrogen (secondary N) is 1. The van der Waals surface area contributed by atoms with Crippen LogP contribution < -0.4 is 5.43 Å². The molecular formula is C24H29N5OS. The number of amides is 1. The lowest BCUT2D eigenvalue weighted by molar-refractivity contribution is -0.118. The van der Waals surface area contributed by atoms with Crippen LogP contribution in [0.2, 0.25) is 0 Å². The molecule has 0 aliphatic heterocycles. The smallest absolute Gasteiger partial charge is 0.250 e. The maximum Gasteiger partial charge on any atom is 0.250 e. The van der Waals surface area contributed by atoms with Gasteiger partial charge in [-0.25, -0.2) is 5.43 Å². The van der Waals surface area contributed by atoms with E-state index in [9.17, 15) is 4.79 Å². The van der Waals surface area contributed by atoms with Gasteiger partial charge in [-0.05, 0) is 30.4 Å². The van der Waals surface area contributed by atoms with E-state index in [1.165, 1.54) is 17.3 Å².